The first kappa shape index (κ1) is 11.8. The van der Waals surface area contributed by atoms with Crippen LogP contribution in [-0.2, 0) is 0 Å². The van der Waals surface area contributed by atoms with Crippen molar-refractivity contribution in [3.05, 3.63) is 59.1 Å². The maximum Gasteiger partial charge on any atom is 0.159 e. The zero-order valence-corrected chi connectivity index (χ0v) is 9.21. The monoisotopic (exact) mass is 238 g/mol. The fraction of sp³-hybridized carbons (Fsp3) is 0.167. The van der Waals surface area contributed by atoms with Crippen molar-refractivity contribution in [2.45, 2.75) is 13.0 Å². The highest BCUT2D eigenvalue weighted by Gasteiger charge is 2.17. The molecule has 1 aromatic heterocycles. The fourth-order valence-electron chi connectivity index (χ4n) is 1.64. The Morgan fingerprint density at radius 3 is 2.47 bits per heavy atom. The normalized spacial score (nSPS) is 12.7. The topological polar surface area (TPSA) is 51.2 Å². The molecule has 3 nitrogen and oxygen atoms in total. The summed E-state index contributed by atoms with van der Waals surface area (Å²) in [6.45, 7) is 1.79. The van der Waals surface area contributed by atoms with E-state index in [1.54, 1.807) is 19.1 Å². The Kier molecular flexibility index (Phi) is 3.21. The van der Waals surface area contributed by atoms with Crippen LogP contribution >= 0.6 is 0 Å². The molecule has 0 spiro atoms. The van der Waals surface area contributed by atoms with Gasteiger partial charge in [0.1, 0.15) is 17.6 Å². The molecule has 1 atom stereocenters. The molecule has 3 N–H and O–H groups in total. The predicted octanol–water partition coefficient (Wildman–Crippen LogP) is 2.42. The Balaban J connectivity index is 2.38. The second-order valence-electron chi connectivity index (χ2n) is 3.72. The zero-order valence-electron chi connectivity index (χ0n) is 9.21. The summed E-state index contributed by atoms with van der Waals surface area (Å²) in [4.78, 5) is 0. The van der Waals surface area contributed by atoms with E-state index in [1.807, 2.05) is 0 Å². The third-order valence-corrected chi connectivity index (χ3v) is 2.49. The van der Waals surface area contributed by atoms with Crippen molar-refractivity contribution < 1.29 is 13.2 Å². The second-order valence-corrected chi connectivity index (χ2v) is 3.72. The van der Waals surface area contributed by atoms with Crippen LogP contribution in [0.5, 0.6) is 0 Å². The van der Waals surface area contributed by atoms with E-state index in [-0.39, 0.29) is 0 Å². The largest absolute Gasteiger partial charge is 0.464 e. The molecule has 0 aliphatic heterocycles. The van der Waals surface area contributed by atoms with Crippen molar-refractivity contribution in [3.8, 4) is 0 Å². The molecular formula is C12H12F2N2O. The highest BCUT2D eigenvalue weighted by atomic mass is 19.2. The first-order valence-electron chi connectivity index (χ1n) is 5.09. The maximum atomic E-state index is 13.1. The molecule has 1 aromatic carbocycles. The van der Waals surface area contributed by atoms with Gasteiger partial charge in [-0.3, -0.25) is 5.84 Å². The van der Waals surface area contributed by atoms with Gasteiger partial charge in [-0.1, -0.05) is 6.07 Å². The standard InChI is InChI=1S/C12H12F2N2O/c1-7-2-5-11(17-7)12(16-15)8-3-4-9(13)10(14)6-8/h2-6,12,16H,15H2,1H3. The highest BCUT2D eigenvalue weighted by molar-refractivity contribution is 5.28. The summed E-state index contributed by atoms with van der Waals surface area (Å²) in [6.07, 6.45) is 0. The molecule has 1 heterocycles. The van der Waals surface area contributed by atoms with Gasteiger partial charge in [-0.05, 0) is 36.8 Å². The van der Waals surface area contributed by atoms with Crippen molar-refractivity contribution in [1.29, 1.82) is 0 Å². The molecule has 0 saturated carbocycles. The number of aryl methyl sites for hydroxylation is 1. The fourth-order valence-corrected chi connectivity index (χ4v) is 1.64. The Morgan fingerprint density at radius 2 is 1.94 bits per heavy atom. The SMILES string of the molecule is Cc1ccc(C(NN)c2ccc(F)c(F)c2)o1. The number of nitrogens with one attached hydrogen (secondary N) is 1. The molecule has 5 heteroatoms. The average molecular weight is 238 g/mol. The van der Waals surface area contributed by atoms with E-state index in [0.29, 0.717) is 11.3 Å². The molecule has 0 amide bonds. The van der Waals surface area contributed by atoms with Gasteiger partial charge in [0.2, 0.25) is 0 Å². The minimum absolute atomic E-state index is 0.501. The molecular weight excluding hydrogens is 226 g/mol. The van der Waals surface area contributed by atoms with Gasteiger partial charge in [-0.25, -0.2) is 14.2 Å². The smallest absolute Gasteiger partial charge is 0.159 e. The summed E-state index contributed by atoms with van der Waals surface area (Å²) in [6, 6.07) is 6.63. The van der Waals surface area contributed by atoms with E-state index in [1.165, 1.54) is 6.07 Å². The number of hydrogen-bond acceptors (Lipinski definition) is 3. The summed E-state index contributed by atoms with van der Waals surface area (Å²) in [5.41, 5.74) is 3.01. The van der Waals surface area contributed by atoms with E-state index in [9.17, 15) is 8.78 Å². The summed E-state index contributed by atoms with van der Waals surface area (Å²) in [5.74, 6) is 4.88. The van der Waals surface area contributed by atoms with Gasteiger partial charge >= 0.3 is 0 Å². The van der Waals surface area contributed by atoms with E-state index >= 15 is 0 Å². The number of halogens is 2. The molecule has 0 bridgehead atoms. The number of rotatable bonds is 3. The third-order valence-electron chi connectivity index (χ3n) is 2.49. The van der Waals surface area contributed by atoms with Crippen molar-refractivity contribution in [2.75, 3.05) is 0 Å². The molecule has 0 fully saturated rings. The van der Waals surface area contributed by atoms with Crippen LogP contribution in [-0.4, -0.2) is 0 Å². The third kappa shape index (κ3) is 2.35. The first-order valence-corrected chi connectivity index (χ1v) is 5.09. The Morgan fingerprint density at radius 1 is 1.18 bits per heavy atom. The summed E-state index contributed by atoms with van der Waals surface area (Å²) in [5, 5.41) is 0. The van der Waals surface area contributed by atoms with Crippen LogP contribution in [0.2, 0.25) is 0 Å². The first-order chi connectivity index (χ1) is 8.11. The molecule has 0 aliphatic carbocycles. The molecule has 2 aromatic rings. The average Bonchev–Trinajstić information content (AvgIpc) is 2.71. The van der Waals surface area contributed by atoms with Gasteiger partial charge in [0.15, 0.2) is 11.6 Å². The van der Waals surface area contributed by atoms with Gasteiger partial charge in [-0.15, -0.1) is 0 Å². The molecule has 0 radical (unpaired) electrons. The molecule has 2 rings (SSSR count). The van der Waals surface area contributed by atoms with Crippen LogP contribution in [0.15, 0.2) is 34.7 Å². The lowest BCUT2D eigenvalue weighted by Crippen LogP contribution is -2.28. The van der Waals surface area contributed by atoms with Gasteiger partial charge in [-0.2, -0.15) is 0 Å². The predicted molar refractivity (Wildman–Crippen MR) is 59.0 cm³/mol. The Bertz CT molecular complexity index is 525. The minimum atomic E-state index is -0.911. The summed E-state index contributed by atoms with van der Waals surface area (Å²) in [7, 11) is 0. The Labute approximate surface area is 97.2 Å². The van der Waals surface area contributed by atoms with Crippen LogP contribution in [0.1, 0.15) is 23.1 Å². The van der Waals surface area contributed by atoms with Gasteiger partial charge < -0.3 is 4.42 Å². The molecule has 90 valence electrons. The number of furan rings is 1. The number of nitrogens with two attached hydrogens (primary N) is 1. The van der Waals surface area contributed by atoms with Crippen LogP contribution in [0.3, 0.4) is 0 Å². The number of hydrazine groups is 1. The minimum Gasteiger partial charge on any atom is -0.464 e. The lowest BCUT2D eigenvalue weighted by molar-refractivity contribution is 0.432. The Hall–Kier alpha value is -1.72. The lowest BCUT2D eigenvalue weighted by Gasteiger charge is -2.13. The molecule has 0 aliphatic rings. The molecule has 1 unspecified atom stereocenters. The number of hydrogen-bond donors (Lipinski definition) is 2. The van der Waals surface area contributed by atoms with Crippen molar-refractivity contribution in [3.63, 3.8) is 0 Å². The van der Waals surface area contributed by atoms with Crippen LogP contribution in [0.25, 0.3) is 0 Å². The van der Waals surface area contributed by atoms with E-state index in [2.05, 4.69) is 5.43 Å². The van der Waals surface area contributed by atoms with Crippen molar-refractivity contribution in [2.24, 2.45) is 5.84 Å². The molecule has 17 heavy (non-hydrogen) atoms. The second kappa shape index (κ2) is 4.65. The van der Waals surface area contributed by atoms with E-state index in [0.717, 1.165) is 17.9 Å². The van der Waals surface area contributed by atoms with Gasteiger partial charge in [0.25, 0.3) is 0 Å². The van der Waals surface area contributed by atoms with E-state index < -0.39 is 17.7 Å². The zero-order chi connectivity index (χ0) is 12.4. The van der Waals surface area contributed by atoms with Crippen LogP contribution in [0, 0.1) is 18.6 Å². The lowest BCUT2D eigenvalue weighted by atomic mass is 10.1. The van der Waals surface area contributed by atoms with Crippen LogP contribution in [0.4, 0.5) is 8.78 Å². The van der Waals surface area contributed by atoms with Crippen molar-refractivity contribution in [1.82, 2.24) is 5.43 Å². The van der Waals surface area contributed by atoms with E-state index in [4.69, 9.17) is 10.3 Å². The van der Waals surface area contributed by atoms with Crippen LogP contribution < -0.4 is 11.3 Å². The van der Waals surface area contributed by atoms with Gasteiger partial charge in [0, 0.05) is 0 Å². The maximum absolute atomic E-state index is 13.1. The highest BCUT2D eigenvalue weighted by Crippen LogP contribution is 2.24. The van der Waals surface area contributed by atoms with Crippen molar-refractivity contribution >= 4 is 0 Å². The summed E-state index contributed by atoms with van der Waals surface area (Å²) < 4.78 is 31.3. The van der Waals surface area contributed by atoms with Gasteiger partial charge in [0.05, 0.1) is 0 Å². The molecule has 0 saturated heterocycles. The summed E-state index contributed by atoms with van der Waals surface area (Å²) >= 11 is 0. The quantitative estimate of drug-likeness (QED) is 0.637. The number of benzene rings is 1.